The molecule has 1 aliphatic rings. The molecule has 3 aromatic rings. The Bertz CT molecular complexity index is 976. The Balaban J connectivity index is 1.64. The van der Waals surface area contributed by atoms with E-state index in [2.05, 4.69) is 17.1 Å². The van der Waals surface area contributed by atoms with Gasteiger partial charge in [0.25, 0.3) is 0 Å². The summed E-state index contributed by atoms with van der Waals surface area (Å²) in [5.41, 5.74) is 3.02. The van der Waals surface area contributed by atoms with Crippen molar-refractivity contribution >= 4 is 33.7 Å². The number of nitrogens with zero attached hydrogens (tertiary/aromatic N) is 1. The first kappa shape index (κ1) is 16.6. The van der Waals surface area contributed by atoms with Crippen molar-refractivity contribution in [1.82, 2.24) is 9.88 Å². The summed E-state index contributed by atoms with van der Waals surface area (Å²) in [5.74, 6) is -0.825. The van der Waals surface area contributed by atoms with Crippen LogP contribution in [0, 0.1) is 0 Å². The van der Waals surface area contributed by atoms with Crippen LogP contribution in [0.3, 0.4) is 0 Å². The zero-order valence-electron chi connectivity index (χ0n) is 14.6. The maximum Gasteiger partial charge on any atom is 0.305 e. The van der Waals surface area contributed by atoms with E-state index in [-0.39, 0.29) is 18.4 Å². The van der Waals surface area contributed by atoms with Gasteiger partial charge in [0.15, 0.2) is 0 Å². The van der Waals surface area contributed by atoms with E-state index in [0.29, 0.717) is 13.0 Å². The molecule has 2 heterocycles. The molecule has 5 nitrogen and oxygen atoms in total. The lowest BCUT2D eigenvalue weighted by Gasteiger charge is -2.35. The lowest BCUT2D eigenvalue weighted by atomic mass is 9.98. The average molecular weight is 350 g/mol. The van der Waals surface area contributed by atoms with Crippen molar-refractivity contribution in [2.75, 3.05) is 6.54 Å². The van der Waals surface area contributed by atoms with Gasteiger partial charge in [0.1, 0.15) is 0 Å². The van der Waals surface area contributed by atoms with Crippen LogP contribution in [0.4, 0.5) is 0 Å². The van der Waals surface area contributed by atoms with Crippen molar-refractivity contribution in [3.05, 3.63) is 48.0 Å². The second-order valence-electron chi connectivity index (χ2n) is 7.02. The third-order valence-corrected chi connectivity index (χ3v) is 5.33. The summed E-state index contributed by atoms with van der Waals surface area (Å²) in [7, 11) is 0. The number of hydrogen-bond acceptors (Lipinski definition) is 2. The van der Waals surface area contributed by atoms with E-state index in [1.165, 1.54) is 0 Å². The Morgan fingerprint density at radius 3 is 2.73 bits per heavy atom. The van der Waals surface area contributed by atoms with Gasteiger partial charge in [-0.25, -0.2) is 0 Å². The van der Waals surface area contributed by atoms with E-state index in [9.17, 15) is 9.59 Å². The van der Waals surface area contributed by atoms with E-state index < -0.39 is 5.97 Å². The predicted molar refractivity (Wildman–Crippen MR) is 101 cm³/mol. The summed E-state index contributed by atoms with van der Waals surface area (Å²) >= 11 is 0. The molecule has 5 heteroatoms. The Labute approximate surface area is 151 Å². The molecule has 4 rings (SSSR count). The Hall–Kier alpha value is -2.82. The number of benzene rings is 2. The molecule has 1 aromatic heterocycles. The number of piperidine rings is 1. The second-order valence-corrected chi connectivity index (χ2v) is 7.02. The average Bonchev–Trinajstić information content (AvgIpc) is 3.01. The number of fused-ring (bicyclic) bond motifs is 3. The maximum atomic E-state index is 12.9. The van der Waals surface area contributed by atoms with Crippen molar-refractivity contribution in [1.29, 1.82) is 0 Å². The number of amides is 1. The van der Waals surface area contributed by atoms with Gasteiger partial charge in [-0.15, -0.1) is 0 Å². The van der Waals surface area contributed by atoms with E-state index in [4.69, 9.17) is 5.11 Å². The number of aromatic amines is 1. The smallest absolute Gasteiger partial charge is 0.305 e. The van der Waals surface area contributed by atoms with Crippen LogP contribution in [-0.2, 0) is 16.0 Å². The number of hydrogen-bond donors (Lipinski definition) is 2. The number of para-hydroxylation sites is 2. The summed E-state index contributed by atoms with van der Waals surface area (Å²) in [6, 6.07) is 14.0. The second kappa shape index (κ2) is 6.83. The summed E-state index contributed by atoms with van der Waals surface area (Å²) < 4.78 is 0. The third-order valence-electron chi connectivity index (χ3n) is 5.33. The molecule has 134 valence electrons. The number of aliphatic carboxylic acids is 1. The van der Waals surface area contributed by atoms with Gasteiger partial charge < -0.3 is 15.0 Å². The minimum Gasteiger partial charge on any atom is -0.481 e. The maximum absolute atomic E-state index is 12.9. The molecule has 0 aliphatic carbocycles. The van der Waals surface area contributed by atoms with Crippen LogP contribution < -0.4 is 0 Å². The molecule has 1 atom stereocenters. The molecule has 1 saturated heterocycles. The zero-order valence-corrected chi connectivity index (χ0v) is 14.6. The first-order valence-corrected chi connectivity index (χ1v) is 9.13. The van der Waals surface area contributed by atoms with E-state index in [0.717, 1.165) is 46.6 Å². The number of carboxylic acids is 1. The van der Waals surface area contributed by atoms with Crippen molar-refractivity contribution in [3.63, 3.8) is 0 Å². The van der Waals surface area contributed by atoms with Gasteiger partial charge in [-0.1, -0.05) is 36.4 Å². The normalized spacial score (nSPS) is 17.7. The molecule has 26 heavy (non-hydrogen) atoms. The standard InChI is InChI=1S/C21H22N2O3/c24-19(23-11-4-3-7-15(23)13-20(25)26)12-14-6-5-9-17-16-8-1-2-10-18(16)22-21(14)17/h1-2,5-6,8-10,15,22H,3-4,7,11-13H2,(H,25,26)/t15-/m1/s1. The van der Waals surface area contributed by atoms with Crippen LogP contribution >= 0.6 is 0 Å². The number of H-pyrrole nitrogens is 1. The summed E-state index contributed by atoms with van der Waals surface area (Å²) in [4.78, 5) is 29.3. The molecule has 1 fully saturated rings. The third kappa shape index (κ3) is 3.05. The van der Waals surface area contributed by atoms with E-state index in [1.54, 1.807) is 4.90 Å². The van der Waals surface area contributed by atoms with Crippen molar-refractivity contribution < 1.29 is 14.7 Å². The number of nitrogens with one attached hydrogen (secondary N) is 1. The fourth-order valence-corrected chi connectivity index (χ4v) is 4.09. The van der Waals surface area contributed by atoms with Crippen LogP contribution in [0.2, 0.25) is 0 Å². The Kier molecular flexibility index (Phi) is 4.37. The van der Waals surface area contributed by atoms with Gasteiger partial charge in [-0.05, 0) is 30.9 Å². The fraction of sp³-hybridized carbons (Fsp3) is 0.333. The lowest BCUT2D eigenvalue weighted by Crippen LogP contribution is -2.45. The number of carbonyl (C=O) groups is 2. The summed E-state index contributed by atoms with van der Waals surface area (Å²) in [6.45, 7) is 0.652. The van der Waals surface area contributed by atoms with E-state index in [1.807, 2.05) is 30.3 Å². The number of rotatable bonds is 4. The molecular formula is C21H22N2O3. The van der Waals surface area contributed by atoms with Crippen LogP contribution in [0.15, 0.2) is 42.5 Å². The molecule has 0 unspecified atom stereocenters. The Morgan fingerprint density at radius 1 is 1.08 bits per heavy atom. The van der Waals surface area contributed by atoms with Crippen LogP contribution in [-0.4, -0.2) is 39.5 Å². The van der Waals surface area contributed by atoms with Gasteiger partial charge in [-0.3, -0.25) is 9.59 Å². The predicted octanol–water partition coefficient (Wildman–Crippen LogP) is 3.72. The highest BCUT2D eigenvalue weighted by atomic mass is 16.4. The quantitative estimate of drug-likeness (QED) is 0.753. The molecule has 0 spiro atoms. The molecule has 0 radical (unpaired) electrons. The lowest BCUT2D eigenvalue weighted by molar-refractivity contribution is -0.141. The molecule has 2 aromatic carbocycles. The molecule has 1 amide bonds. The number of carbonyl (C=O) groups excluding carboxylic acids is 1. The van der Waals surface area contributed by atoms with Gasteiger partial charge in [-0.2, -0.15) is 0 Å². The van der Waals surface area contributed by atoms with Gasteiger partial charge >= 0.3 is 5.97 Å². The number of carboxylic acid groups (broad SMARTS) is 1. The monoisotopic (exact) mass is 350 g/mol. The molecule has 0 saturated carbocycles. The molecule has 2 N–H and O–H groups in total. The van der Waals surface area contributed by atoms with Crippen LogP contribution in [0.25, 0.3) is 21.8 Å². The highest BCUT2D eigenvalue weighted by Crippen LogP contribution is 2.28. The SMILES string of the molecule is O=C(O)C[C@H]1CCCCN1C(=O)Cc1cccc2c1[nH]c1ccccc12. The van der Waals surface area contributed by atoms with Gasteiger partial charge in [0.2, 0.25) is 5.91 Å². The number of aromatic nitrogens is 1. The highest BCUT2D eigenvalue weighted by Gasteiger charge is 2.28. The summed E-state index contributed by atoms with van der Waals surface area (Å²) in [5, 5.41) is 11.4. The molecule has 0 bridgehead atoms. The minimum atomic E-state index is -0.840. The van der Waals surface area contributed by atoms with Gasteiger partial charge in [0, 0.05) is 28.9 Å². The highest BCUT2D eigenvalue weighted by molar-refractivity contribution is 6.08. The Morgan fingerprint density at radius 2 is 1.88 bits per heavy atom. The summed E-state index contributed by atoms with van der Waals surface area (Å²) in [6.07, 6.45) is 3.02. The number of likely N-dealkylation sites (tertiary alicyclic amines) is 1. The van der Waals surface area contributed by atoms with E-state index >= 15 is 0 Å². The largest absolute Gasteiger partial charge is 0.481 e. The minimum absolute atomic E-state index is 0.0158. The van der Waals surface area contributed by atoms with Crippen molar-refractivity contribution in [2.45, 2.75) is 38.1 Å². The van der Waals surface area contributed by atoms with Crippen LogP contribution in [0.1, 0.15) is 31.2 Å². The van der Waals surface area contributed by atoms with Gasteiger partial charge in [0.05, 0.1) is 18.4 Å². The molecular weight excluding hydrogens is 328 g/mol. The van der Waals surface area contributed by atoms with Crippen LogP contribution in [0.5, 0.6) is 0 Å². The fourth-order valence-electron chi connectivity index (χ4n) is 4.09. The first-order valence-electron chi connectivity index (χ1n) is 9.13. The first-order chi connectivity index (χ1) is 12.6. The topological polar surface area (TPSA) is 73.4 Å². The molecule has 1 aliphatic heterocycles. The van der Waals surface area contributed by atoms with Crippen molar-refractivity contribution in [2.24, 2.45) is 0 Å². The van der Waals surface area contributed by atoms with Crippen molar-refractivity contribution in [3.8, 4) is 0 Å². The zero-order chi connectivity index (χ0) is 18.1.